The minimum atomic E-state index is -1.90. The maximum Gasteiger partial charge on any atom is 0.0798 e. The summed E-state index contributed by atoms with van der Waals surface area (Å²) in [4.78, 5) is 0. The van der Waals surface area contributed by atoms with Crippen molar-refractivity contribution in [2.45, 2.75) is 38.2 Å². The van der Waals surface area contributed by atoms with Crippen molar-refractivity contribution in [1.29, 1.82) is 0 Å². The second-order valence-corrected chi connectivity index (χ2v) is 5.08. The molecular formula is C8H15O3S2-. The first-order chi connectivity index (χ1) is 6.06. The molecule has 1 rings (SSSR count). The van der Waals surface area contributed by atoms with Crippen molar-refractivity contribution in [3.8, 4) is 0 Å². The first-order valence-electron chi connectivity index (χ1n) is 4.44. The molecule has 0 heterocycles. The summed E-state index contributed by atoms with van der Waals surface area (Å²) < 4.78 is 26.0. The molecular weight excluding hydrogens is 208 g/mol. The summed E-state index contributed by atoms with van der Waals surface area (Å²) in [5.41, 5.74) is -0.149. The highest BCUT2D eigenvalue weighted by Gasteiger charge is 2.31. The zero-order valence-corrected chi connectivity index (χ0v) is 9.40. The lowest BCUT2D eigenvalue weighted by molar-refractivity contribution is 0.0595. The van der Waals surface area contributed by atoms with Crippen LogP contribution in [-0.2, 0) is 15.3 Å². The topological polar surface area (TPSA) is 49.4 Å². The van der Waals surface area contributed by atoms with E-state index in [0.29, 0.717) is 11.7 Å². The molecule has 0 N–H and O–H groups in total. The highest BCUT2D eigenvalue weighted by Crippen LogP contribution is 2.35. The Bertz CT molecular complexity index is 188. The molecule has 0 radical (unpaired) electrons. The summed E-state index contributed by atoms with van der Waals surface area (Å²) in [7, 11) is 0. The van der Waals surface area contributed by atoms with E-state index in [2.05, 4.69) is 12.9 Å². The van der Waals surface area contributed by atoms with Gasteiger partial charge in [-0.1, -0.05) is 11.1 Å². The maximum atomic E-state index is 10.5. The summed E-state index contributed by atoms with van der Waals surface area (Å²) in [6.07, 6.45) is 3.65. The molecule has 0 saturated heterocycles. The van der Waals surface area contributed by atoms with Gasteiger partial charge in [0, 0.05) is 5.75 Å². The molecule has 1 fully saturated rings. The fourth-order valence-electron chi connectivity index (χ4n) is 1.74. The van der Waals surface area contributed by atoms with Crippen LogP contribution in [-0.4, -0.2) is 20.1 Å². The molecule has 13 heavy (non-hydrogen) atoms. The van der Waals surface area contributed by atoms with Gasteiger partial charge in [0.15, 0.2) is 0 Å². The second-order valence-electron chi connectivity index (χ2n) is 3.95. The van der Waals surface area contributed by atoms with E-state index in [1.807, 2.05) is 6.92 Å². The van der Waals surface area contributed by atoms with Crippen molar-refractivity contribution < 1.29 is 12.9 Å². The van der Waals surface area contributed by atoms with Gasteiger partial charge in [0.2, 0.25) is 0 Å². The molecule has 1 aliphatic rings. The molecule has 0 aliphatic heterocycles. The van der Waals surface area contributed by atoms with E-state index in [0.717, 1.165) is 25.7 Å². The monoisotopic (exact) mass is 223 g/mol. The van der Waals surface area contributed by atoms with Crippen LogP contribution >= 0.6 is 12.9 Å². The third kappa shape index (κ3) is 3.58. The molecule has 0 aromatic rings. The quantitative estimate of drug-likeness (QED) is 0.450. The zero-order valence-electron chi connectivity index (χ0n) is 7.69. The van der Waals surface area contributed by atoms with Gasteiger partial charge in [-0.25, -0.2) is 0 Å². The van der Waals surface area contributed by atoms with Crippen molar-refractivity contribution in [3.05, 3.63) is 0 Å². The smallest absolute Gasteiger partial charge is 0.0798 e. The molecule has 78 valence electrons. The van der Waals surface area contributed by atoms with Gasteiger partial charge in [-0.3, -0.25) is 4.21 Å². The van der Waals surface area contributed by atoms with E-state index in [9.17, 15) is 8.76 Å². The Morgan fingerprint density at radius 2 is 2.15 bits per heavy atom. The SMILES string of the molecule is CC1(OS)CCC(CS(=O)[O-])CC1. The predicted molar refractivity (Wildman–Crippen MR) is 54.2 cm³/mol. The van der Waals surface area contributed by atoms with Crippen molar-refractivity contribution in [2.24, 2.45) is 5.92 Å². The first-order valence-corrected chi connectivity index (χ1v) is 6.05. The maximum absolute atomic E-state index is 10.5. The Balaban J connectivity index is 2.34. The van der Waals surface area contributed by atoms with Crippen LogP contribution < -0.4 is 0 Å². The lowest BCUT2D eigenvalue weighted by atomic mass is 9.81. The molecule has 1 unspecified atom stereocenters. The zero-order chi connectivity index (χ0) is 9.90. The van der Waals surface area contributed by atoms with E-state index >= 15 is 0 Å². The van der Waals surface area contributed by atoms with Gasteiger partial charge in [0.25, 0.3) is 0 Å². The molecule has 0 amide bonds. The molecule has 3 nitrogen and oxygen atoms in total. The molecule has 0 aromatic carbocycles. The largest absolute Gasteiger partial charge is 0.772 e. The normalized spacial score (nSPS) is 37.3. The average Bonchev–Trinajstić information content (AvgIpc) is 2.09. The average molecular weight is 223 g/mol. The third-order valence-corrected chi connectivity index (χ3v) is 3.94. The lowest BCUT2D eigenvalue weighted by Crippen LogP contribution is -2.32. The summed E-state index contributed by atoms with van der Waals surface area (Å²) >= 11 is 1.93. The van der Waals surface area contributed by atoms with Gasteiger partial charge in [-0.05, 0) is 51.4 Å². The summed E-state index contributed by atoms with van der Waals surface area (Å²) in [5, 5.41) is 0. The van der Waals surface area contributed by atoms with Crippen LogP contribution in [0.2, 0.25) is 0 Å². The van der Waals surface area contributed by atoms with Gasteiger partial charge in [-0.2, -0.15) is 0 Å². The number of rotatable bonds is 3. The van der Waals surface area contributed by atoms with Crippen LogP contribution in [0.15, 0.2) is 0 Å². The second kappa shape index (κ2) is 4.77. The molecule has 5 heteroatoms. The van der Waals surface area contributed by atoms with Crippen molar-refractivity contribution in [3.63, 3.8) is 0 Å². The van der Waals surface area contributed by atoms with Crippen molar-refractivity contribution in [1.82, 2.24) is 0 Å². The molecule has 1 saturated carbocycles. The van der Waals surface area contributed by atoms with E-state index in [1.54, 1.807) is 0 Å². The molecule has 0 bridgehead atoms. The Hall–Kier alpha value is 0.420. The Kier molecular flexibility index (Phi) is 4.22. The predicted octanol–water partition coefficient (Wildman–Crippen LogP) is 1.68. The van der Waals surface area contributed by atoms with Gasteiger partial charge in [0.05, 0.1) is 5.60 Å². The van der Waals surface area contributed by atoms with Gasteiger partial charge < -0.3 is 8.74 Å². The van der Waals surface area contributed by atoms with E-state index < -0.39 is 11.1 Å². The van der Waals surface area contributed by atoms with Crippen LogP contribution in [0.1, 0.15) is 32.6 Å². The fourth-order valence-corrected chi connectivity index (χ4v) is 2.64. The fraction of sp³-hybridized carbons (Fsp3) is 1.00. The first kappa shape index (κ1) is 11.5. The summed E-state index contributed by atoms with van der Waals surface area (Å²) in [5.74, 6) is 0.609. The number of thiol groups is 1. The Labute approximate surface area is 87.1 Å². The number of hydrogen-bond donors (Lipinski definition) is 1. The van der Waals surface area contributed by atoms with Crippen LogP contribution in [0.4, 0.5) is 0 Å². The van der Waals surface area contributed by atoms with Crippen LogP contribution in [0, 0.1) is 5.92 Å². The van der Waals surface area contributed by atoms with Gasteiger partial charge in [0.1, 0.15) is 0 Å². The summed E-state index contributed by atoms with van der Waals surface area (Å²) in [6.45, 7) is 2.02. The van der Waals surface area contributed by atoms with Crippen LogP contribution in [0.3, 0.4) is 0 Å². The van der Waals surface area contributed by atoms with E-state index in [4.69, 9.17) is 4.18 Å². The Morgan fingerprint density at radius 3 is 2.54 bits per heavy atom. The number of hydrogen-bond acceptors (Lipinski definition) is 4. The van der Waals surface area contributed by atoms with E-state index in [-0.39, 0.29) is 5.60 Å². The van der Waals surface area contributed by atoms with Crippen LogP contribution in [0.5, 0.6) is 0 Å². The van der Waals surface area contributed by atoms with Crippen molar-refractivity contribution >= 4 is 24.0 Å². The van der Waals surface area contributed by atoms with E-state index in [1.165, 1.54) is 0 Å². The van der Waals surface area contributed by atoms with Gasteiger partial charge >= 0.3 is 0 Å². The molecule has 1 aliphatic carbocycles. The molecule has 0 spiro atoms. The highest BCUT2D eigenvalue weighted by atomic mass is 32.2. The standard InChI is InChI=1S/C8H16O3S2/c1-8(11-12)4-2-7(3-5-8)6-13(9)10/h7,12H,2-6H2,1H3,(H,9,10)/p-1. The third-order valence-electron chi connectivity index (χ3n) is 2.76. The lowest BCUT2D eigenvalue weighted by Gasteiger charge is -2.35. The van der Waals surface area contributed by atoms with Crippen LogP contribution in [0.25, 0.3) is 0 Å². The summed E-state index contributed by atoms with van der Waals surface area (Å²) in [6, 6.07) is 0. The van der Waals surface area contributed by atoms with Crippen molar-refractivity contribution in [2.75, 3.05) is 5.75 Å². The highest BCUT2D eigenvalue weighted by molar-refractivity contribution is 7.79. The minimum Gasteiger partial charge on any atom is -0.772 e. The minimum absolute atomic E-state index is 0.149. The molecule has 0 aromatic heterocycles. The Morgan fingerprint density at radius 1 is 1.62 bits per heavy atom. The molecule has 1 atom stereocenters. The van der Waals surface area contributed by atoms with Gasteiger partial charge in [-0.15, -0.1) is 0 Å².